The third kappa shape index (κ3) is 3.54. The van der Waals surface area contributed by atoms with Crippen LogP contribution in [0.3, 0.4) is 0 Å². The molecule has 3 heterocycles. The van der Waals surface area contributed by atoms with E-state index < -0.39 is 0 Å². The van der Waals surface area contributed by atoms with E-state index in [1.54, 1.807) is 17.6 Å². The lowest BCUT2D eigenvalue weighted by Crippen LogP contribution is -2.37. The van der Waals surface area contributed by atoms with Gasteiger partial charge < -0.3 is 9.15 Å². The molecule has 0 amide bonds. The molecule has 4 rings (SSSR count). The molecule has 0 radical (unpaired) electrons. The molecule has 1 aromatic carbocycles. The smallest absolute Gasteiger partial charge is 0.236 e. The lowest BCUT2D eigenvalue weighted by atomic mass is 10.1. The second kappa shape index (κ2) is 7.07. The quantitative estimate of drug-likeness (QED) is 0.680. The Hall–Kier alpha value is -1.66. The maximum atomic E-state index is 5.96. The number of morpholine rings is 1. The van der Waals surface area contributed by atoms with Gasteiger partial charge in [-0.3, -0.25) is 4.90 Å². The van der Waals surface area contributed by atoms with Crippen LogP contribution in [0, 0.1) is 0 Å². The fraction of sp³-hybridized carbons (Fsp3) is 0.278. The number of aromatic nitrogens is 1. The van der Waals surface area contributed by atoms with E-state index in [9.17, 15) is 0 Å². The summed E-state index contributed by atoms with van der Waals surface area (Å²) < 4.78 is 11.5. The maximum absolute atomic E-state index is 5.96. The summed E-state index contributed by atoms with van der Waals surface area (Å²) in [4.78, 5) is 8.00. The first kappa shape index (κ1) is 15.8. The highest BCUT2D eigenvalue weighted by Gasteiger charge is 2.23. The minimum Gasteiger partial charge on any atom is -0.444 e. The van der Waals surface area contributed by atoms with Gasteiger partial charge in [-0.2, -0.15) is 0 Å². The Morgan fingerprint density at radius 3 is 2.92 bits per heavy atom. The summed E-state index contributed by atoms with van der Waals surface area (Å²) >= 11 is 7.60. The number of hydrogen-bond acceptors (Lipinski definition) is 5. The fourth-order valence-electron chi connectivity index (χ4n) is 2.85. The maximum Gasteiger partial charge on any atom is 0.236 e. The van der Waals surface area contributed by atoms with Crippen molar-refractivity contribution in [3.05, 3.63) is 64.3 Å². The lowest BCUT2D eigenvalue weighted by molar-refractivity contribution is -0.0332. The summed E-state index contributed by atoms with van der Waals surface area (Å²) in [5.41, 5.74) is 2.11. The molecule has 1 aliphatic heterocycles. The second-order valence-electron chi connectivity index (χ2n) is 5.77. The number of halogens is 1. The Morgan fingerprint density at radius 1 is 1.25 bits per heavy atom. The molecule has 0 N–H and O–H groups in total. The molecule has 6 heteroatoms. The highest BCUT2D eigenvalue weighted by atomic mass is 35.5. The van der Waals surface area contributed by atoms with Crippen molar-refractivity contribution < 1.29 is 9.15 Å². The lowest BCUT2D eigenvalue weighted by Gasteiger charge is -2.32. The van der Waals surface area contributed by atoms with Gasteiger partial charge in [0.15, 0.2) is 0 Å². The number of thiophene rings is 1. The van der Waals surface area contributed by atoms with Crippen molar-refractivity contribution in [1.29, 1.82) is 0 Å². The first-order valence-electron chi connectivity index (χ1n) is 7.85. The van der Waals surface area contributed by atoms with E-state index in [1.807, 2.05) is 41.8 Å². The first-order valence-corrected chi connectivity index (χ1v) is 9.11. The molecule has 1 saturated heterocycles. The van der Waals surface area contributed by atoms with E-state index >= 15 is 0 Å². The first-order chi connectivity index (χ1) is 11.8. The number of ether oxygens (including phenoxy) is 1. The van der Waals surface area contributed by atoms with E-state index in [2.05, 4.69) is 9.88 Å². The summed E-state index contributed by atoms with van der Waals surface area (Å²) in [5, 5.41) is 2.77. The molecule has 0 aliphatic carbocycles. The van der Waals surface area contributed by atoms with Gasteiger partial charge in [-0.15, -0.1) is 11.3 Å². The predicted octanol–water partition coefficient (Wildman–Crippen LogP) is 4.63. The van der Waals surface area contributed by atoms with Crippen LogP contribution < -0.4 is 0 Å². The third-order valence-electron chi connectivity index (χ3n) is 4.06. The average molecular weight is 361 g/mol. The molecule has 1 fully saturated rings. The normalized spacial score (nSPS) is 18.8. The minimum atomic E-state index is 0.0692. The van der Waals surface area contributed by atoms with Crippen molar-refractivity contribution in [2.75, 3.05) is 19.7 Å². The van der Waals surface area contributed by atoms with Gasteiger partial charge in [0.05, 0.1) is 23.3 Å². The molecule has 1 atom stereocenters. The summed E-state index contributed by atoms with van der Waals surface area (Å²) in [5.74, 6) is 0.697. The monoisotopic (exact) mass is 360 g/mol. The van der Waals surface area contributed by atoms with E-state index in [0.29, 0.717) is 12.5 Å². The van der Waals surface area contributed by atoms with Gasteiger partial charge in [-0.05, 0) is 29.1 Å². The Morgan fingerprint density at radius 2 is 2.12 bits per heavy atom. The molecular formula is C18H17ClN2O2S. The van der Waals surface area contributed by atoms with Gasteiger partial charge >= 0.3 is 0 Å². The number of hydrogen-bond donors (Lipinski definition) is 0. The average Bonchev–Trinajstić information content (AvgIpc) is 3.27. The van der Waals surface area contributed by atoms with Crippen LogP contribution in [0.5, 0.6) is 0 Å². The van der Waals surface area contributed by atoms with E-state index in [0.717, 1.165) is 40.8 Å². The summed E-state index contributed by atoms with van der Waals surface area (Å²) in [6.45, 7) is 3.21. The Balaban J connectivity index is 1.42. The van der Waals surface area contributed by atoms with Crippen LogP contribution in [-0.2, 0) is 11.3 Å². The van der Waals surface area contributed by atoms with Crippen LogP contribution >= 0.6 is 22.9 Å². The van der Waals surface area contributed by atoms with Crippen LogP contribution in [0.25, 0.3) is 10.8 Å². The topological polar surface area (TPSA) is 38.5 Å². The number of oxazole rings is 1. The largest absolute Gasteiger partial charge is 0.444 e. The van der Waals surface area contributed by atoms with Crippen LogP contribution in [0.4, 0.5) is 0 Å². The van der Waals surface area contributed by atoms with Crippen LogP contribution in [0.1, 0.15) is 17.4 Å². The van der Waals surface area contributed by atoms with Crippen molar-refractivity contribution in [2.24, 2.45) is 0 Å². The second-order valence-corrected chi connectivity index (χ2v) is 7.15. The molecule has 124 valence electrons. The highest BCUT2D eigenvalue weighted by molar-refractivity contribution is 7.13. The fourth-order valence-corrected chi connectivity index (χ4v) is 3.63. The standard InChI is InChI=1S/C18H17ClN2O2S/c19-14-5-3-13(4-6-14)16-11-21(7-8-22-16)10-15-12-23-18(20-15)17-2-1-9-24-17/h1-6,9,12,16H,7-8,10-11H2/t16-/m0/s1. The number of rotatable bonds is 4. The molecule has 1 aliphatic rings. The minimum absolute atomic E-state index is 0.0692. The summed E-state index contributed by atoms with van der Waals surface area (Å²) in [6.07, 6.45) is 1.82. The highest BCUT2D eigenvalue weighted by Crippen LogP contribution is 2.26. The Kier molecular flexibility index (Phi) is 4.67. The SMILES string of the molecule is Clc1ccc([C@@H]2CN(Cc3coc(-c4cccs4)n3)CCO2)cc1. The number of nitrogens with zero attached hydrogens (tertiary/aromatic N) is 2. The van der Waals surface area contributed by atoms with Crippen molar-refractivity contribution in [3.8, 4) is 10.8 Å². The van der Waals surface area contributed by atoms with Crippen molar-refractivity contribution in [1.82, 2.24) is 9.88 Å². The van der Waals surface area contributed by atoms with Crippen molar-refractivity contribution in [3.63, 3.8) is 0 Å². The summed E-state index contributed by atoms with van der Waals surface area (Å²) in [6, 6.07) is 11.9. The molecule has 0 saturated carbocycles. The van der Waals surface area contributed by atoms with Gasteiger partial charge in [0, 0.05) is 24.7 Å². The van der Waals surface area contributed by atoms with Gasteiger partial charge in [-0.25, -0.2) is 4.98 Å². The van der Waals surface area contributed by atoms with Crippen LogP contribution in [-0.4, -0.2) is 29.6 Å². The zero-order valence-electron chi connectivity index (χ0n) is 13.0. The third-order valence-corrected chi connectivity index (χ3v) is 5.17. The van der Waals surface area contributed by atoms with Gasteiger partial charge in [0.2, 0.25) is 5.89 Å². The molecule has 0 spiro atoms. The molecular weight excluding hydrogens is 344 g/mol. The number of benzene rings is 1. The van der Waals surface area contributed by atoms with E-state index in [-0.39, 0.29) is 6.10 Å². The van der Waals surface area contributed by atoms with E-state index in [4.69, 9.17) is 20.8 Å². The van der Waals surface area contributed by atoms with Gasteiger partial charge in [-0.1, -0.05) is 29.8 Å². The predicted molar refractivity (Wildman–Crippen MR) is 95.2 cm³/mol. The summed E-state index contributed by atoms with van der Waals surface area (Å²) in [7, 11) is 0. The van der Waals surface area contributed by atoms with E-state index in [1.165, 1.54) is 0 Å². The van der Waals surface area contributed by atoms with Crippen LogP contribution in [0.2, 0.25) is 5.02 Å². The molecule has 0 unspecified atom stereocenters. The molecule has 3 aromatic rings. The molecule has 2 aromatic heterocycles. The molecule has 24 heavy (non-hydrogen) atoms. The van der Waals surface area contributed by atoms with Crippen molar-refractivity contribution >= 4 is 22.9 Å². The molecule has 4 nitrogen and oxygen atoms in total. The zero-order valence-corrected chi connectivity index (χ0v) is 14.6. The Labute approximate surface area is 149 Å². The van der Waals surface area contributed by atoms with Gasteiger partial charge in [0.1, 0.15) is 6.26 Å². The Bertz CT molecular complexity index is 786. The van der Waals surface area contributed by atoms with Crippen molar-refractivity contribution in [2.45, 2.75) is 12.6 Å². The van der Waals surface area contributed by atoms with Gasteiger partial charge in [0.25, 0.3) is 0 Å². The molecule has 0 bridgehead atoms. The zero-order chi connectivity index (χ0) is 16.4. The van der Waals surface area contributed by atoms with Crippen LogP contribution in [0.15, 0.2) is 52.5 Å².